The van der Waals surface area contributed by atoms with Crippen LogP contribution in [0.1, 0.15) is 11.7 Å². The second-order valence-electron chi connectivity index (χ2n) is 2.45. The second-order valence-corrected chi connectivity index (χ2v) is 3.29. The molecule has 0 spiro atoms. The van der Waals surface area contributed by atoms with Gasteiger partial charge in [-0.2, -0.15) is 0 Å². The van der Waals surface area contributed by atoms with Gasteiger partial charge in [0.2, 0.25) is 0 Å². The van der Waals surface area contributed by atoms with E-state index in [1.54, 1.807) is 17.8 Å². The van der Waals surface area contributed by atoms with Crippen LogP contribution in [0, 0.1) is 0 Å². The highest BCUT2D eigenvalue weighted by atomic mass is 32.2. The molecule has 2 N–H and O–H groups in total. The van der Waals surface area contributed by atoms with Crippen molar-refractivity contribution < 1.29 is 4.39 Å². The minimum atomic E-state index is -1.03. The highest BCUT2D eigenvalue weighted by Crippen LogP contribution is 2.26. The molecule has 0 aliphatic carbocycles. The molecule has 1 rings (SSSR count). The maximum Gasteiger partial charge on any atom is 0.138 e. The van der Waals surface area contributed by atoms with Gasteiger partial charge in [0.05, 0.1) is 0 Å². The molecule has 1 aromatic rings. The minimum Gasteiger partial charge on any atom is -0.327 e. The number of nitrogens with two attached hydrogens (primary N) is 1. The summed E-state index contributed by atoms with van der Waals surface area (Å²) in [6.45, 7) is 0.0531. The fraction of sp³-hybridized carbons (Fsp3) is 0.333. The number of thioether (sulfide) groups is 1. The topological polar surface area (TPSA) is 26.0 Å². The van der Waals surface area contributed by atoms with E-state index in [9.17, 15) is 4.39 Å². The van der Waals surface area contributed by atoms with Crippen LogP contribution in [-0.2, 0) is 0 Å². The van der Waals surface area contributed by atoms with E-state index < -0.39 is 6.17 Å². The summed E-state index contributed by atoms with van der Waals surface area (Å²) in [7, 11) is 0. The SMILES string of the molecule is CSc1ccccc1C(F)CN. The molecular formula is C9H12FNS. The lowest BCUT2D eigenvalue weighted by Gasteiger charge is -2.09. The van der Waals surface area contributed by atoms with Crippen molar-refractivity contribution in [2.75, 3.05) is 12.8 Å². The van der Waals surface area contributed by atoms with Crippen molar-refractivity contribution in [2.45, 2.75) is 11.1 Å². The van der Waals surface area contributed by atoms with E-state index in [4.69, 9.17) is 5.73 Å². The largest absolute Gasteiger partial charge is 0.327 e. The zero-order chi connectivity index (χ0) is 8.97. The van der Waals surface area contributed by atoms with Gasteiger partial charge in [0.1, 0.15) is 6.17 Å². The van der Waals surface area contributed by atoms with E-state index in [2.05, 4.69) is 0 Å². The number of alkyl halides is 1. The van der Waals surface area contributed by atoms with Crippen molar-refractivity contribution in [3.8, 4) is 0 Å². The Labute approximate surface area is 76.2 Å². The lowest BCUT2D eigenvalue weighted by atomic mass is 10.1. The average molecular weight is 185 g/mol. The van der Waals surface area contributed by atoms with Gasteiger partial charge in [-0.15, -0.1) is 11.8 Å². The maximum absolute atomic E-state index is 13.2. The first-order valence-corrected chi connectivity index (χ1v) is 4.99. The van der Waals surface area contributed by atoms with Crippen molar-refractivity contribution in [1.29, 1.82) is 0 Å². The van der Waals surface area contributed by atoms with Crippen LogP contribution in [0.4, 0.5) is 4.39 Å². The monoisotopic (exact) mass is 185 g/mol. The summed E-state index contributed by atoms with van der Waals surface area (Å²) >= 11 is 1.54. The normalized spacial score (nSPS) is 12.9. The van der Waals surface area contributed by atoms with Crippen LogP contribution in [0.25, 0.3) is 0 Å². The first-order chi connectivity index (χ1) is 5.79. The third kappa shape index (κ3) is 1.99. The maximum atomic E-state index is 13.2. The van der Waals surface area contributed by atoms with Gasteiger partial charge in [0, 0.05) is 17.0 Å². The molecular weight excluding hydrogens is 173 g/mol. The van der Waals surface area contributed by atoms with E-state index in [1.807, 2.05) is 24.5 Å². The summed E-state index contributed by atoms with van der Waals surface area (Å²) < 4.78 is 13.2. The Morgan fingerprint density at radius 1 is 1.50 bits per heavy atom. The predicted octanol–water partition coefficient (Wildman–Crippen LogP) is 2.38. The predicted molar refractivity (Wildman–Crippen MR) is 51.1 cm³/mol. The van der Waals surface area contributed by atoms with E-state index in [0.29, 0.717) is 5.56 Å². The molecule has 1 unspecified atom stereocenters. The number of rotatable bonds is 3. The van der Waals surface area contributed by atoms with Crippen LogP contribution in [0.3, 0.4) is 0 Å². The smallest absolute Gasteiger partial charge is 0.138 e. The molecule has 1 aromatic carbocycles. The Hall–Kier alpha value is -0.540. The fourth-order valence-electron chi connectivity index (χ4n) is 1.05. The van der Waals surface area contributed by atoms with Gasteiger partial charge < -0.3 is 5.73 Å². The Balaban J connectivity index is 2.96. The van der Waals surface area contributed by atoms with Crippen LogP contribution >= 0.6 is 11.8 Å². The van der Waals surface area contributed by atoms with Crippen LogP contribution < -0.4 is 5.73 Å². The fourth-order valence-corrected chi connectivity index (χ4v) is 1.70. The molecule has 0 saturated heterocycles. The molecule has 1 atom stereocenters. The number of hydrogen-bond acceptors (Lipinski definition) is 2. The lowest BCUT2D eigenvalue weighted by molar-refractivity contribution is 0.348. The van der Waals surface area contributed by atoms with Gasteiger partial charge >= 0.3 is 0 Å². The zero-order valence-electron chi connectivity index (χ0n) is 6.96. The summed E-state index contributed by atoms with van der Waals surface area (Å²) in [5.41, 5.74) is 5.94. The molecule has 0 bridgehead atoms. The third-order valence-corrected chi connectivity index (χ3v) is 2.49. The first kappa shape index (κ1) is 9.55. The summed E-state index contributed by atoms with van der Waals surface area (Å²) in [6, 6.07) is 7.42. The van der Waals surface area contributed by atoms with Crippen LogP contribution in [0.15, 0.2) is 29.2 Å². The summed E-state index contributed by atoms with van der Waals surface area (Å²) in [6.07, 6.45) is 0.899. The molecule has 0 heterocycles. The van der Waals surface area contributed by atoms with Crippen molar-refractivity contribution in [3.63, 3.8) is 0 Å². The third-order valence-electron chi connectivity index (χ3n) is 1.68. The average Bonchev–Trinajstić information content (AvgIpc) is 2.16. The van der Waals surface area contributed by atoms with Crippen LogP contribution in [-0.4, -0.2) is 12.8 Å². The second kappa shape index (κ2) is 4.48. The molecule has 0 radical (unpaired) electrons. The number of hydrogen-bond donors (Lipinski definition) is 1. The van der Waals surface area contributed by atoms with Crippen molar-refractivity contribution in [3.05, 3.63) is 29.8 Å². The Morgan fingerprint density at radius 2 is 2.17 bits per heavy atom. The quantitative estimate of drug-likeness (QED) is 0.732. The van der Waals surface area contributed by atoms with Gasteiger partial charge in [-0.05, 0) is 12.3 Å². The zero-order valence-corrected chi connectivity index (χ0v) is 7.77. The van der Waals surface area contributed by atoms with E-state index in [0.717, 1.165) is 4.90 Å². The highest BCUT2D eigenvalue weighted by molar-refractivity contribution is 7.98. The minimum absolute atomic E-state index is 0.0531. The molecule has 12 heavy (non-hydrogen) atoms. The van der Waals surface area contributed by atoms with Gasteiger partial charge in [-0.1, -0.05) is 18.2 Å². The van der Waals surface area contributed by atoms with E-state index >= 15 is 0 Å². The Bertz CT molecular complexity index is 252. The molecule has 1 nitrogen and oxygen atoms in total. The van der Waals surface area contributed by atoms with Gasteiger partial charge in [0.15, 0.2) is 0 Å². The Kier molecular flexibility index (Phi) is 3.56. The number of halogens is 1. The number of benzene rings is 1. The van der Waals surface area contributed by atoms with Gasteiger partial charge in [-0.25, -0.2) is 4.39 Å². The highest BCUT2D eigenvalue weighted by Gasteiger charge is 2.10. The molecule has 0 saturated carbocycles. The van der Waals surface area contributed by atoms with Gasteiger partial charge in [-0.3, -0.25) is 0 Å². The molecule has 0 aliphatic heterocycles. The first-order valence-electron chi connectivity index (χ1n) is 3.76. The van der Waals surface area contributed by atoms with E-state index in [1.165, 1.54) is 0 Å². The van der Waals surface area contributed by atoms with Crippen molar-refractivity contribution in [2.24, 2.45) is 5.73 Å². The molecule has 0 fully saturated rings. The molecule has 0 aliphatic rings. The van der Waals surface area contributed by atoms with E-state index in [-0.39, 0.29) is 6.54 Å². The summed E-state index contributed by atoms with van der Waals surface area (Å²) in [5, 5.41) is 0. The van der Waals surface area contributed by atoms with Crippen molar-refractivity contribution in [1.82, 2.24) is 0 Å². The van der Waals surface area contributed by atoms with Crippen LogP contribution in [0.5, 0.6) is 0 Å². The molecule has 0 aromatic heterocycles. The standard InChI is InChI=1S/C9H12FNS/c1-12-9-5-3-2-4-7(9)8(10)6-11/h2-5,8H,6,11H2,1H3. The summed E-state index contributed by atoms with van der Waals surface area (Å²) in [4.78, 5) is 0.968. The van der Waals surface area contributed by atoms with Gasteiger partial charge in [0.25, 0.3) is 0 Å². The molecule has 66 valence electrons. The molecule has 3 heteroatoms. The van der Waals surface area contributed by atoms with Crippen molar-refractivity contribution >= 4 is 11.8 Å². The molecule has 0 amide bonds. The van der Waals surface area contributed by atoms with Crippen LogP contribution in [0.2, 0.25) is 0 Å². The lowest BCUT2D eigenvalue weighted by Crippen LogP contribution is -2.08. The Morgan fingerprint density at radius 3 is 2.75 bits per heavy atom. The summed E-state index contributed by atoms with van der Waals surface area (Å²) in [5.74, 6) is 0.